The second-order valence-corrected chi connectivity index (χ2v) is 8.34. The SMILES string of the molecule is CC1CCCN(C2=C(c3cccs3)C(=O)N(CCc3ccccc3)C2=O)C1. The molecule has 0 bridgehead atoms. The van der Waals surface area contributed by atoms with Crippen LogP contribution in [-0.2, 0) is 16.0 Å². The minimum atomic E-state index is -0.147. The van der Waals surface area contributed by atoms with Crippen molar-refractivity contribution in [2.24, 2.45) is 5.92 Å². The lowest BCUT2D eigenvalue weighted by molar-refractivity contribution is -0.137. The molecule has 0 spiro atoms. The van der Waals surface area contributed by atoms with Crippen LogP contribution in [-0.4, -0.2) is 41.2 Å². The molecule has 1 aromatic carbocycles. The summed E-state index contributed by atoms with van der Waals surface area (Å²) in [6.45, 7) is 4.32. The van der Waals surface area contributed by atoms with Gasteiger partial charge in [-0.1, -0.05) is 43.3 Å². The Morgan fingerprint density at radius 1 is 1.07 bits per heavy atom. The van der Waals surface area contributed by atoms with E-state index in [0.29, 0.717) is 30.2 Å². The Bertz CT molecular complexity index is 858. The van der Waals surface area contributed by atoms with Gasteiger partial charge in [0.05, 0.1) is 5.57 Å². The van der Waals surface area contributed by atoms with Crippen LogP contribution in [0.5, 0.6) is 0 Å². The smallest absolute Gasteiger partial charge is 0.277 e. The van der Waals surface area contributed by atoms with Crippen LogP contribution in [0, 0.1) is 5.92 Å². The molecule has 2 aromatic rings. The number of likely N-dealkylation sites (tertiary alicyclic amines) is 1. The van der Waals surface area contributed by atoms with Crippen molar-refractivity contribution in [1.82, 2.24) is 9.80 Å². The van der Waals surface area contributed by atoms with Gasteiger partial charge in [0, 0.05) is 24.5 Å². The van der Waals surface area contributed by atoms with Crippen LogP contribution in [0.25, 0.3) is 5.57 Å². The van der Waals surface area contributed by atoms with Gasteiger partial charge < -0.3 is 4.90 Å². The monoisotopic (exact) mass is 380 g/mol. The molecule has 140 valence electrons. The van der Waals surface area contributed by atoms with E-state index >= 15 is 0 Å². The third kappa shape index (κ3) is 3.56. The average Bonchev–Trinajstić information content (AvgIpc) is 3.28. The number of amides is 2. The van der Waals surface area contributed by atoms with Gasteiger partial charge in [0.2, 0.25) is 0 Å². The van der Waals surface area contributed by atoms with Crippen LogP contribution >= 0.6 is 11.3 Å². The second-order valence-electron chi connectivity index (χ2n) is 7.39. The number of hydrogen-bond donors (Lipinski definition) is 0. The molecule has 4 nitrogen and oxygen atoms in total. The first kappa shape index (κ1) is 18.0. The zero-order valence-corrected chi connectivity index (χ0v) is 16.4. The van der Waals surface area contributed by atoms with Gasteiger partial charge in [0.25, 0.3) is 11.8 Å². The first-order chi connectivity index (χ1) is 13.1. The van der Waals surface area contributed by atoms with E-state index in [4.69, 9.17) is 0 Å². The van der Waals surface area contributed by atoms with Gasteiger partial charge in [-0.15, -0.1) is 11.3 Å². The second kappa shape index (κ2) is 7.69. The fraction of sp³-hybridized carbons (Fsp3) is 0.364. The molecule has 1 unspecified atom stereocenters. The number of piperidine rings is 1. The quantitative estimate of drug-likeness (QED) is 0.741. The predicted molar refractivity (Wildman–Crippen MR) is 108 cm³/mol. The first-order valence-electron chi connectivity index (χ1n) is 9.58. The zero-order chi connectivity index (χ0) is 18.8. The van der Waals surface area contributed by atoms with E-state index in [9.17, 15) is 9.59 Å². The fourth-order valence-corrected chi connectivity index (χ4v) is 4.74. The summed E-state index contributed by atoms with van der Waals surface area (Å²) < 4.78 is 0. The van der Waals surface area contributed by atoms with E-state index in [2.05, 4.69) is 11.8 Å². The number of nitrogens with zero attached hydrogens (tertiary/aromatic N) is 2. The van der Waals surface area contributed by atoms with Crippen molar-refractivity contribution in [2.75, 3.05) is 19.6 Å². The number of carbonyl (C=O) groups is 2. The summed E-state index contributed by atoms with van der Waals surface area (Å²) in [7, 11) is 0. The van der Waals surface area contributed by atoms with Gasteiger partial charge in [-0.25, -0.2) is 0 Å². The highest BCUT2D eigenvalue weighted by molar-refractivity contribution is 7.11. The van der Waals surface area contributed by atoms with E-state index in [1.165, 1.54) is 22.7 Å². The molecule has 0 radical (unpaired) electrons. The van der Waals surface area contributed by atoms with Gasteiger partial charge in [-0.3, -0.25) is 14.5 Å². The Kier molecular flexibility index (Phi) is 5.12. The van der Waals surface area contributed by atoms with Crippen molar-refractivity contribution in [3.63, 3.8) is 0 Å². The molecule has 0 saturated carbocycles. The zero-order valence-electron chi connectivity index (χ0n) is 15.6. The molecule has 5 heteroatoms. The standard InChI is InChI=1S/C22H24N2O2S/c1-16-7-5-12-23(15-16)20-19(18-10-6-14-27-18)21(25)24(22(20)26)13-11-17-8-3-2-4-9-17/h2-4,6,8-10,14,16H,5,7,11-13,15H2,1H3. The lowest BCUT2D eigenvalue weighted by Gasteiger charge is -2.33. The molecule has 4 rings (SSSR count). The Balaban J connectivity index is 1.63. The summed E-state index contributed by atoms with van der Waals surface area (Å²) in [4.78, 5) is 30.9. The average molecular weight is 381 g/mol. The number of thiophene rings is 1. The molecule has 1 aromatic heterocycles. The van der Waals surface area contributed by atoms with Crippen molar-refractivity contribution in [1.29, 1.82) is 0 Å². The van der Waals surface area contributed by atoms with Gasteiger partial charge >= 0.3 is 0 Å². The summed E-state index contributed by atoms with van der Waals surface area (Å²) in [5.74, 6) is 0.261. The number of rotatable bonds is 5. The number of benzene rings is 1. The molecular weight excluding hydrogens is 356 g/mol. The summed E-state index contributed by atoms with van der Waals surface area (Å²) >= 11 is 1.53. The topological polar surface area (TPSA) is 40.6 Å². The largest absolute Gasteiger partial charge is 0.366 e. The Hall–Kier alpha value is -2.40. The van der Waals surface area contributed by atoms with Gasteiger partial charge in [0.1, 0.15) is 5.70 Å². The molecule has 3 heterocycles. The summed E-state index contributed by atoms with van der Waals surface area (Å²) in [6, 6.07) is 13.9. The number of hydrogen-bond acceptors (Lipinski definition) is 4. The van der Waals surface area contributed by atoms with Crippen molar-refractivity contribution >= 4 is 28.7 Å². The van der Waals surface area contributed by atoms with Crippen molar-refractivity contribution in [3.8, 4) is 0 Å². The summed E-state index contributed by atoms with van der Waals surface area (Å²) in [5, 5.41) is 1.96. The number of carbonyl (C=O) groups excluding carboxylic acids is 2. The Morgan fingerprint density at radius 3 is 2.59 bits per heavy atom. The molecule has 2 aliphatic rings. The molecule has 27 heavy (non-hydrogen) atoms. The van der Waals surface area contributed by atoms with E-state index in [1.807, 2.05) is 47.8 Å². The summed E-state index contributed by atoms with van der Waals surface area (Å²) in [5.41, 5.74) is 2.34. The maximum Gasteiger partial charge on any atom is 0.277 e. The highest BCUT2D eigenvalue weighted by Crippen LogP contribution is 2.35. The summed E-state index contributed by atoms with van der Waals surface area (Å²) in [6.07, 6.45) is 2.92. The minimum Gasteiger partial charge on any atom is -0.366 e. The Labute approximate surface area is 164 Å². The van der Waals surface area contributed by atoms with E-state index in [1.54, 1.807) is 0 Å². The first-order valence-corrected chi connectivity index (χ1v) is 10.5. The third-order valence-corrected chi connectivity index (χ3v) is 6.24. The highest BCUT2D eigenvalue weighted by Gasteiger charge is 2.42. The molecule has 0 N–H and O–H groups in total. The fourth-order valence-electron chi connectivity index (χ4n) is 3.98. The van der Waals surface area contributed by atoms with Crippen molar-refractivity contribution in [3.05, 3.63) is 64.0 Å². The highest BCUT2D eigenvalue weighted by atomic mass is 32.1. The van der Waals surface area contributed by atoms with Crippen molar-refractivity contribution in [2.45, 2.75) is 26.2 Å². The third-order valence-electron chi connectivity index (χ3n) is 5.35. The predicted octanol–water partition coefficient (Wildman–Crippen LogP) is 3.80. The molecule has 1 fully saturated rings. The van der Waals surface area contributed by atoms with Crippen LogP contribution in [0.2, 0.25) is 0 Å². The van der Waals surface area contributed by atoms with Crippen LogP contribution in [0.15, 0.2) is 53.5 Å². The van der Waals surface area contributed by atoms with Gasteiger partial charge in [-0.2, -0.15) is 0 Å². The van der Waals surface area contributed by atoms with Crippen LogP contribution in [0.1, 0.15) is 30.2 Å². The van der Waals surface area contributed by atoms with E-state index < -0.39 is 0 Å². The molecular formula is C22H24N2O2S. The molecule has 1 saturated heterocycles. The van der Waals surface area contributed by atoms with E-state index in [-0.39, 0.29) is 11.8 Å². The van der Waals surface area contributed by atoms with Crippen LogP contribution < -0.4 is 0 Å². The minimum absolute atomic E-state index is 0.131. The number of imide groups is 1. The molecule has 0 aliphatic carbocycles. The molecule has 2 amide bonds. The maximum atomic E-state index is 13.3. The van der Waals surface area contributed by atoms with Gasteiger partial charge in [-0.05, 0) is 42.2 Å². The lowest BCUT2D eigenvalue weighted by Crippen LogP contribution is -2.39. The normalized spacial score (nSPS) is 20.7. The molecule has 2 aliphatic heterocycles. The van der Waals surface area contributed by atoms with E-state index in [0.717, 1.165) is 30.0 Å². The van der Waals surface area contributed by atoms with Crippen LogP contribution in [0.4, 0.5) is 0 Å². The van der Waals surface area contributed by atoms with Crippen molar-refractivity contribution < 1.29 is 9.59 Å². The Morgan fingerprint density at radius 2 is 1.89 bits per heavy atom. The van der Waals surface area contributed by atoms with Crippen LogP contribution in [0.3, 0.4) is 0 Å². The lowest BCUT2D eigenvalue weighted by atomic mass is 9.99. The van der Waals surface area contributed by atoms with Gasteiger partial charge in [0.15, 0.2) is 0 Å². The molecule has 1 atom stereocenters. The maximum absolute atomic E-state index is 13.3.